The third-order valence-electron chi connectivity index (χ3n) is 8.56. The Hall–Kier alpha value is -3.91. The van der Waals surface area contributed by atoms with Gasteiger partial charge in [-0.15, -0.1) is 0 Å². The summed E-state index contributed by atoms with van der Waals surface area (Å²) in [5.41, 5.74) is 5.32. The monoisotopic (exact) mass is 794 g/mol. The van der Waals surface area contributed by atoms with Gasteiger partial charge in [0.25, 0.3) is 5.56 Å². The molecule has 2 bridgehead atoms. The number of phosphoric acid groups is 2. The van der Waals surface area contributed by atoms with E-state index in [1.165, 1.54) is 23.4 Å². The van der Waals surface area contributed by atoms with Crippen LogP contribution in [0.1, 0.15) is 18.9 Å². The van der Waals surface area contributed by atoms with Gasteiger partial charge in [0.05, 0.1) is 38.9 Å². The second-order valence-corrected chi connectivity index (χ2v) is 14.8. The van der Waals surface area contributed by atoms with Crippen molar-refractivity contribution in [2.45, 2.75) is 61.7 Å². The number of alkyl halides is 3. The number of ether oxygens (including phenoxy) is 3. The highest BCUT2D eigenvalue weighted by Crippen LogP contribution is 2.54. The summed E-state index contributed by atoms with van der Waals surface area (Å²) in [5, 5.41) is 11.3. The van der Waals surface area contributed by atoms with E-state index in [4.69, 9.17) is 38.0 Å². The van der Waals surface area contributed by atoms with Gasteiger partial charge in [0, 0.05) is 12.4 Å². The maximum atomic E-state index is 13.6. The number of nitrogens with zero attached hydrogens (tertiary/aromatic N) is 8. The van der Waals surface area contributed by atoms with Crippen molar-refractivity contribution in [3.63, 3.8) is 0 Å². The van der Waals surface area contributed by atoms with Crippen molar-refractivity contribution in [2.24, 2.45) is 0 Å². The highest BCUT2D eigenvalue weighted by atomic mass is 31.2. The lowest BCUT2D eigenvalue weighted by molar-refractivity contribution is -0.155. The van der Waals surface area contributed by atoms with Crippen LogP contribution in [-0.4, -0.2) is 121 Å². The van der Waals surface area contributed by atoms with Crippen LogP contribution < -0.4 is 11.3 Å². The number of anilines is 1. The van der Waals surface area contributed by atoms with Crippen molar-refractivity contribution in [3.05, 3.63) is 41.7 Å². The molecule has 10 atom stereocenters. The zero-order valence-corrected chi connectivity index (χ0v) is 28.2. The average molecular weight is 794 g/mol. The molecule has 3 aliphatic heterocycles. The number of aliphatic hydroxyl groups is 1. The van der Waals surface area contributed by atoms with Crippen LogP contribution in [0.3, 0.4) is 0 Å². The molecule has 0 aliphatic carbocycles. The summed E-state index contributed by atoms with van der Waals surface area (Å²) in [5.74, 6) is -0.366. The molecule has 6 unspecified atom stereocenters. The second-order valence-electron chi connectivity index (χ2n) is 12.0. The van der Waals surface area contributed by atoms with Crippen molar-refractivity contribution in [2.75, 3.05) is 25.6 Å². The Morgan fingerprint density at radius 3 is 2.30 bits per heavy atom. The number of phosphoric ester groups is 2. The van der Waals surface area contributed by atoms with E-state index >= 15 is 0 Å². The van der Waals surface area contributed by atoms with Gasteiger partial charge < -0.3 is 34.8 Å². The van der Waals surface area contributed by atoms with Gasteiger partial charge in [0.1, 0.15) is 43.0 Å². The quantitative estimate of drug-likeness (QED) is 0.150. The molecule has 3 saturated heterocycles. The number of aliphatic hydroxyl groups excluding tert-OH is 1. The fourth-order valence-corrected chi connectivity index (χ4v) is 8.16. The summed E-state index contributed by atoms with van der Waals surface area (Å²) < 4.78 is 109. The zero-order chi connectivity index (χ0) is 37.4. The Kier molecular flexibility index (Phi) is 8.95. The minimum absolute atomic E-state index is 0.184. The van der Waals surface area contributed by atoms with E-state index in [1.54, 1.807) is 10.6 Å². The maximum absolute atomic E-state index is 13.6. The molecule has 0 spiro atoms. The number of rotatable bonds is 5. The van der Waals surface area contributed by atoms with Gasteiger partial charge in [0.15, 0.2) is 40.4 Å². The summed E-state index contributed by atoms with van der Waals surface area (Å²) in [4.78, 5) is 57.3. The molecule has 0 radical (unpaired) electrons. The second kappa shape index (κ2) is 13.1. The van der Waals surface area contributed by atoms with Crippen LogP contribution in [0.4, 0.5) is 19.1 Å². The molecule has 28 heteroatoms. The van der Waals surface area contributed by atoms with E-state index in [9.17, 15) is 42.0 Å². The Bertz CT molecular complexity index is 2340. The summed E-state index contributed by atoms with van der Waals surface area (Å²) in [6, 6.07) is 0. The molecule has 5 aromatic heterocycles. The Labute approximate surface area is 291 Å². The number of H-pyrrole nitrogens is 1. The molecule has 0 aromatic carbocycles. The van der Waals surface area contributed by atoms with Crippen LogP contribution in [0.5, 0.6) is 0 Å². The van der Waals surface area contributed by atoms with Crippen LogP contribution in [-0.2, 0) is 41.4 Å². The Balaban J connectivity index is 1.13. The minimum atomic E-state index is -5.32. The van der Waals surface area contributed by atoms with Crippen molar-refractivity contribution < 1.29 is 69.5 Å². The summed E-state index contributed by atoms with van der Waals surface area (Å²) in [7, 11) is -10.6. The molecular formula is C25H27F3N10O13P2. The number of imidazole rings is 3. The molecule has 5 aromatic rings. The van der Waals surface area contributed by atoms with Crippen LogP contribution in [0.2, 0.25) is 0 Å². The molecular weight excluding hydrogens is 767 g/mol. The van der Waals surface area contributed by atoms with E-state index in [0.29, 0.717) is 11.2 Å². The molecule has 3 aliphatic rings. The largest absolute Gasteiger partial charge is 0.472 e. The summed E-state index contributed by atoms with van der Waals surface area (Å²) >= 11 is 0. The minimum Gasteiger partial charge on any atom is -0.386 e. The maximum Gasteiger partial charge on any atom is 0.472 e. The van der Waals surface area contributed by atoms with E-state index in [1.807, 2.05) is 0 Å². The van der Waals surface area contributed by atoms with Crippen LogP contribution in [0.15, 0.2) is 36.2 Å². The first-order valence-electron chi connectivity index (χ1n) is 15.4. The van der Waals surface area contributed by atoms with Crippen LogP contribution in [0.25, 0.3) is 28.0 Å². The van der Waals surface area contributed by atoms with E-state index in [2.05, 4.69) is 29.9 Å². The van der Waals surface area contributed by atoms with Gasteiger partial charge in [0.2, 0.25) is 5.95 Å². The van der Waals surface area contributed by atoms with Crippen LogP contribution in [0, 0.1) is 0 Å². The van der Waals surface area contributed by atoms with Gasteiger partial charge in [-0.2, -0.15) is 18.2 Å². The number of nitrogens with two attached hydrogens (primary N) is 1. The number of hydrogen-bond acceptors (Lipinski definition) is 17. The first-order chi connectivity index (χ1) is 25.1. The van der Waals surface area contributed by atoms with Gasteiger partial charge in [-0.05, 0) is 0 Å². The highest BCUT2D eigenvalue weighted by molar-refractivity contribution is 7.47. The van der Waals surface area contributed by atoms with Gasteiger partial charge in [-0.3, -0.25) is 41.4 Å². The number of aromatic amines is 1. The SMILES string of the molecule is Nc1nc2c(ncn2[C@@H]2O[C@@H]3COP(=O)(O)OC4C(O)[C@H](n5cnc6c5ncn5ccnc65)O[C@@H]4COP(=O)(O)OC2C3OCCC(F)(F)F)c(=O)[nH]1. The molecule has 3 fully saturated rings. The predicted molar refractivity (Wildman–Crippen MR) is 164 cm³/mol. The number of halogens is 3. The Morgan fingerprint density at radius 2 is 1.57 bits per heavy atom. The fraction of sp³-hybridized carbons (Fsp3) is 0.520. The number of aromatic nitrogens is 9. The van der Waals surface area contributed by atoms with E-state index in [0.717, 1.165) is 10.9 Å². The lowest BCUT2D eigenvalue weighted by Crippen LogP contribution is -2.38. The van der Waals surface area contributed by atoms with Crippen molar-refractivity contribution >= 4 is 49.6 Å². The zero-order valence-electron chi connectivity index (χ0n) is 26.4. The number of nitrogen functional groups attached to an aromatic ring is 1. The van der Waals surface area contributed by atoms with E-state index < -0.39 is 103 Å². The number of nitrogens with one attached hydrogen (secondary N) is 1. The van der Waals surface area contributed by atoms with Gasteiger partial charge in [-0.1, -0.05) is 0 Å². The molecule has 286 valence electrons. The first-order valence-corrected chi connectivity index (χ1v) is 18.4. The predicted octanol–water partition coefficient (Wildman–Crippen LogP) is 0.306. The molecule has 8 heterocycles. The van der Waals surface area contributed by atoms with Crippen LogP contribution >= 0.6 is 15.6 Å². The van der Waals surface area contributed by atoms with Crippen molar-refractivity contribution in [1.29, 1.82) is 0 Å². The Morgan fingerprint density at radius 1 is 0.906 bits per heavy atom. The van der Waals surface area contributed by atoms with Crippen molar-refractivity contribution in [3.8, 4) is 0 Å². The number of fused-ring (bicyclic) bond motifs is 7. The van der Waals surface area contributed by atoms with Gasteiger partial charge >= 0.3 is 21.8 Å². The first kappa shape index (κ1) is 36.1. The average Bonchev–Trinajstić information content (AvgIpc) is 3.90. The lowest BCUT2D eigenvalue weighted by atomic mass is 10.1. The topological polar surface area (TPSA) is 297 Å². The summed E-state index contributed by atoms with van der Waals surface area (Å²) in [6.07, 6.45) is -12.7. The third kappa shape index (κ3) is 6.85. The van der Waals surface area contributed by atoms with Crippen molar-refractivity contribution in [1.82, 2.24) is 43.4 Å². The molecule has 23 nitrogen and oxygen atoms in total. The lowest BCUT2D eigenvalue weighted by Gasteiger charge is -2.27. The fourth-order valence-electron chi connectivity index (χ4n) is 6.27. The molecule has 53 heavy (non-hydrogen) atoms. The molecule has 0 saturated carbocycles. The highest BCUT2D eigenvalue weighted by Gasteiger charge is 2.55. The molecule has 6 N–H and O–H groups in total. The normalized spacial score (nSPS) is 34.3. The van der Waals surface area contributed by atoms with E-state index in [-0.39, 0.29) is 22.8 Å². The standard InChI is InChI=1S/C25H27F3N10O13P2/c26-25(27,28)1-4-45-16-11-6-47-52(41,42)50-15-10(48-22(14(15)39)37-8-31-12-18-30-2-3-36(18)7-33-19(12)37)5-46-53(43,44)51-17(16)23(49-11)38-9-32-13-20(38)34-24(29)35-21(13)40/h2-3,7-11,14-17,22-23,39H,1,4-6H2,(H,41,42)(H,43,44)(H3,29,34,35,40)/t10-,11-,14?,15?,16?,17?,22-,23-/m1/s1. The van der Waals surface area contributed by atoms with Gasteiger partial charge in [-0.25, -0.2) is 29.1 Å². The third-order valence-corrected chi connectivity index (χ3v) is 10.5. The summed E-state index contributed by atoms with van der Waals surface area (Å²) in [6.45, 7) is -2.90. The smallest absolute Gasteiger partial charge is 0.386 e. The molecule has 0 amide bonds. The number of hydrogen-bond donors (Lipinski definition) is 5. The molecule has 8 rings (SSSR count).